The van der Waals surface area contributed by atoms with Gasteiger partial charge in [0.05, 0.1) is 10.3 Å². The Morgan fingerprint density at radius 3 is 2.51 bits per heavy atom. The predicted molar refractivity (Wildman–Crippen MR) is 156 cm³/mol. The average Bonchev–Trinajstić information content (AvgIpc) is 3.36. The SMILES string of the molecule is O=C1/C(=C/c2cn(Cc3ccc(F)cc3Cl)c3ccccc23)SC(=S)N1NC(=O)C12CC3CC(CC(C3)C1)C2. The molecule has 0 spiro atoms. The maximum Gasteiger partial charge on any atom is 0.285 e. The first-order valence-electron chi connectivity index (χ1n) is 13.4. The first kappa shape index (κ1) is 25.3. The van der Waals surface area contributed by atoms with Crippen LogP contribution in [-0.4, -0.2) is 25.7 Å². The molecule has 2 aromatic carbocycles. The third-order valence-electron chi connectivity index (χ3n) is 8.99. The lowest BCUT2D eigenvalue weighted by Crippen LogP contribution is -2.57. The number of fused-ring (bicyclic) bond motifs is 1. The van der Waals surface area contributed by atoms with E-state index >= 15 is 0 Å². The predicted octanol–water partition coefficient (Wildman–Crippen LogP) is 6.93. The number of hydrogen-bond acceptors (Lipinski definition) is 4. The van der Waals surface area contributed by atoms with E-state index in [4.69, 9.17) is 23.8 Å². The largest absolute Gasteiger partial charge is 0.342 e. The van der Waals surface area contributed by atoms with Crippen LogP contribution in [0.1, 0.15) is 49.7 Å². The molecule has 3 aromatic rings. The molecule has 9 heteroatoms. The van der Waals surface area contributed by atoms with E-state index in [1.165, 1.54) is 48.2 Å². The molecule has 4 bridgehead atoms. The lowest BCUT2D eigenvalue weighted by Gasteiger charge is -2.55. The number of nitrogens with zero attached hydrogens (tertiary/aromatic N) is 2. The molecular weight excluding hydrogens is 553 g/mol. The van der Waals surface area contributed by atoms with Crippen molar-refractivity contribution in [1.29, 1.82) is 0 Å². The van der Waals surface area contributed by atoms with Gasteiger partial charge in [0.2, 0.25) is 5.91 Å². The summed E-state index contributed by atoms with van der Waals surface area (Å²) in [6.07, 6.45) is 10.3. The molecule has 200 valence electrons. The molecule has 5 nitrogen and oxygen atoms in total. The third-order valence-corrected chi connectivity index (χ3v) is 10.6. The van der Waals surface area contributed by atoms with E-state index in [2.05, 4.69) is 5.43 Å². The summed E-state index contributed by atoms with van der Waals surface area (Å²) in [4.78, 5) is 27.5. The van der Waals surface area contributed by atoms with Gasteiger partial charge in [0.15, 0.2) is 4.32 Å². The first-order valence-corrected chi connectivity index (χ1v) is 15.0. The van der Waals surface area contributed by atoms with Crippen molar-refractivity contribution >= 4 is 68.7 Å². The van der Waals surface area contributed by atoms with Crippen LogP contribution in [0.3, 0.4) is 0 Å². The summed E-state index contributed by atoms with van der Waals surface area (Å²) in [5.41, 5.74) is 5.19. The van der Waals surface area contributed by atoms with Crippen molar-refractivity contribution < 1.29 is 14.0 Å². The Hall–Kier alpha value is -2.68. The van der Waals surface area contributed by atoms with Crippen molar-refractivity contribution in [2.24, 2.45) is 23.2 Å². The van der Waals surface area contributed by atoms with E-state index in [0.29, 0.717) is 38.5 Å². The van der Waals surface area contributed by atoms with Crippen molar-refractivity contribution in [3.63, 3.8) is 0 Å². The molecule has 2 amide bonds. The minimum absolute atomic E-state index is 0.0491. The Bertz CT molecular complexity index is 1550. The van der Waals surface area contributed by atoms with Gasteiger partial charge in [-0.15, -0.1) is 0 Å². The molecule has 0 unspecified atom stereocenters. The fraction of sp³-hybridized carbons (Fsp3) is 0.367. The molecule has 1 N–H and O–H groups in total. The van der Waals surface area contributed by atoms with Crippen molar-refractivity contribution in [3.05, 3.63) is 75.5 Å². The van der Waals surface area contributed by atoms with Crippen molar-refractivity contribution in [2.45, 2.75) is 45.1 Å². The number of aromatic nitrogens is 1. The molecular formula is C30H27ClFN3O2S2. The van der Waals surface area contributed by atoms with E-state index in [9.17, 15) is 14.0 Å². The summed E-state index contributed by atoms with van der Waals surface area (Å²) in [7, 11) is 0. The lowest BCUT2D eigenvalue weighted by molar-refractivity contribution is -0.152. The highest BCUT2D eigenvalue weighted by atomic mass is 35.5. The zero-order valence-corrected chi connectivity index (χ0v) is 23.6. The molecule has 39 heavy (non-hydrogen) atoms. The minimum Gasteiger partial charge on any atom is -0.342 e. The smallest absolute Gasteiger partial charge is 0.285 e. The molecule has 1 aliphatic heterocycles. The zero-order chi connectivity index (χ0) is 26.9. The Balaban J connectivity index is 1.14. The van der Waals surface area contributed by atoms with Crippen LogP contribution in [0.25, 0.3) is 17.0 Å². The van der Waals surface area contributed by atoms with Gasteiger partial charge >= 0.3 is 0 Å². The molecule has 5 fully saturated rings. The van der Waals surface area contributed by atoms with Gasteiger partial charge in [-0.2, -0.15) is 5.01 Å². The Morgan fingerprint density at radius 1 is 1.13 bits per heavy atom. The highest BCUT2D eigenvalue weighted by Crippen LogP contribution is 2.60. The van der Waals surface area contributed by atoms with Gasteiger partial charge in [-0.25, -0.2) is 4.39 Å². The lowest BCUT2D eigenvalue weighted by atomic mass is 9.49. The highest BCUT2D eigenvalue weighted by Gasteiger charge is 2.55. The summed E-state index contributed by atoms with van der Waals surface area (Å²) in [5, 5.41) is 2.60. The van der Waals surface area contributed by atoms with Gasteiger partial charge in [-0.1, -0.05) is 47.6 Å². The van der Waals surface area contributed by atoms with Crippen LogP contribution in [0.5, 0.6) is 0 Å². The molecule has 0 atom stereocenters. The highest BCUT2D eigenvalue weighted by molar-refractivity contribution is 8.26. The standard InChI is InChI=1S/C30H27ClFN3O2S2/c31-24-11-22(32)6-5-20(24)15-34-16-21(23-3-1-2-4-25(23)34)10-26-27(36)35(29(38)39-26)33-28(37)30-12-17-7-18(13-30)9-19(8-17)14-30/h1-6,10-11,16-19H,7-9,12-15H2,(H,33,37)/b26-10-. The van der Waals surface area contributed by atoms with Crippen LogP contribution in [0.15, 0.2) is 53.6 Å². The number of hydrazine groups is 1. The molecule has 8 rings (SSSR count). The van der Waals surface area contributed by atoms with Crippen molar-refractivity contribution in [3.8, 4) is 0 Å². The van der Waals surface area contributed by atoms with Crippen LogP contribution in [0.2, 0.25) is 5.02 Å². The second-order valence-corrected chi connectivity index (χ2v) is 13.7. The fourth-order valence-electron chi connectivity index (χ4n) is 7.67. The second-order valence-electron chi connectivity index (χ2n) is 11.6. The summed E-state index contributed by atoms with van der Waals surface area (Å²) < 4.78 is 15.9. The van der Waals surface area contributed by atoms with Crippen LogP contribution in [0.4, 0.5) is 4.39 Å². The minimum atomic E-state index is -0.376. The number of hydrogen-bond donors (Lipinski definition) is 1. The third kappa shape index (κ3) is 4.41. The number of carbonyl (C=O) groups is 2. The normalized spacial score (nSPS) is 28.7. The number of thioether (sulfide) groups is 1. The van der Waals surface area contributed by atoms with Crippen LogP contribution in [0, 0.1) is 29.0 Å². The van der Waals surface area contributed by atoms with E-state index in [0.717, 1.165) is 41.3 Å². The Morgan fingerprint density at radius 2 is 1.82 bits per heavy atom. The topological polar surface area (TPSA) is 54.3 Å². The van der Waals surface area contributed by atoms with Crippen LogP contribution in [-0.2, 0) is 16.1 Å². The molecule has 2 heterocycles. The summed E-state index contributed by atoms with van der Waals surface area (Å²) >= 11 is 13.0. The Kier molecular flexibility index (Phi) is 6.14. The summed E-state index contributed by atoms with van der Waals surface area (Å²) in [6.45, 7) is 0.454. The summed E-state index contributed by atoms with van der Waals surface area (Å²) in [5.74, 6) is 1.17. The van der Waals surface area contributed by atoms with Gasteiger partial charge in [-0.3, -0.25) is 15.0 Å². The van der Waals surface area contributed by atoms with Gasteiger partial charge in [-0.05, 0) is 98.3 Å². The zero-order valence-electron chi connectivity index (χ0n) is 21.2. The molecule has 4 aliphatic carbocycles. The number of halogens is 2. The van der Waals surface area contributed by atoms with Crippen LogP contribution >= 0.6 is 35.6 Å². The van der Waals surface area contributed by atoms with E-state index < -0.39 is 0 Å². The number of benzene rings is 2. The molecule has 4 saturated carbocycles. The number of para-hydroxylation sites is 1. The maximum absolute atomic E-state index is 13.6. The quantitative estimate of drug-likeness (QED) is 0.263. The molecule has 1 saturated heterocycles. The number of thiocarbonyl (C=S) groups is 1. The maximum atomic E-state index is 13.6. The Labute approximate surface area is 240 Å². The summed E-state index contributed by atoms with van der Waals surface area (Å²) in [6, 6.07) is 12.3. The molecule has 5 aliphatic rings. The first-order chi connectivity index (χ1) is 18.8. The second kappa shape index (κ2) is 9.46. The van der Waals surface area contributed by atoms with Crippen molar-refractivity contribution in [1.82, 2.24) is 15.0 Å². The van der Waals surface area contributed by atoms with E-state index in [1.54, 1.807) is 6.07 Å². The number of carbonyl (C=O) groups excluding carboxylic acids is 2. The monoisotopic (exact) mass is 579 g/mol. The van der Waals surface area contributed by atoms with Gasteiger partial charge in [0, 0.05) is 34.2 Å². The number of amides is 2. The van der Waals surface area contributed by atoms with Gasteiger partial charge in [0.25, 0.3) is 5.91 Å². The van der Waals surface area contributed by atoms with Gasteiger partial charge in [0.1, 0.15) is 5.82 Å². The van der Waals surface area contributed by atoms with E-state index in [-0.39, 0.29) is 23.0 Å². The van der Waals surface area contributed by atoms with Crippen LogP contribution < -0.4 is 5.43 Å². The molecule has 1 aromatic heterocycles. The fourth-order valence-corrected chi connectivity index (χ4v) is 9.07. The van der Waals surface area contributed by atoms with E-state index in [1.807, 2.05) is 41.1 Å². The average molecular weight is 580 g/mol. The van der Waals surface area contributed by atoms with Crippen molar-refractivity contribution in [2.75, 3.05) is 0 Å². The number of nitrogens with one attached hydrogen (secondary N) is 1. The van der Waals surface area contributed by atoms with Gasteiger partial charge < -0.3 is 4.57 Å². The number of rotatable bonds is 5. The molecule has 0 radical (unpaired) electrons.